The lowest BCUT2D eigenvalue weighted by Crippen LogP contribution is -2.26. The normalized spacial score (nSPS) is 14.3. The first kappa shape index (κ1) is 39.4. The fourth-order valence-corrected chi connectivity index (χ4v) is 14.6. The molecule has 0 saturated carbocycles. The van der Waals surface area contributed by atoms with Gasteiger partial charge < -0.3 is 9.32 Å². The van der Waals surface area contributed by atoms with Gasteiger partial charge in [-0.3, -0.25) is 0 Å². The van der Waals surface area contributed by atoms with E-state index in [9.17, 15) is 0 Å². The van der Waals surface area contributed by atoms with E-state index in [1.807, 2.05) is 17.4 Å². The molecule has 0 saturated heterocycles. The molecule has 3 aliphatic rings. The van der Waals surface area contributed by atoms with Crippen LogP contribution in [0.4, 0.5) is 17.1 Å². The number of furan rings is 1. The molecule has 71 heavy (non-hydrogen) atoms. The van der Waals surface area contributed by atoms with Gasteiger partial charge in [0.25, 0.3) is 0 Å². The van der Waals surface area contributed by atoms with Crippen LogP contribution in [-0.4, -0.2) is 0 Å². The van der Waals surface area contributed by atoms with Gasteiger partial charge in [0, 0.05) is 53.1 Å². The van der Waals surface area contributed by atoms with Crippen LogP contribution in [0, 0.1) is 0 Å². The minimum absolute atomic E-state index is 0.107. The maximum atomic E-state index is 6.23. The highest BCUT2D eigenvalue weighted by atomic mass is 32.1. The molecule has 0 amide bonds. The Bertz CT molecular complexity index is 4400. The number of benzene rings is 11. The van der Waals surface area contributed by atoms with Crippen LogP contribution < -0.4 is 4.90 Å². The lowest BCUT2D eigenvalue weighted by molar-refractivity contribution is 0.660. The van der Waals surface area contributed by atoms with E-state index in [2.05, 4.69) is 237 Å². The average molecular weight is 922 g/mol. The highest BCUT2D eigenvalue weighted by Crippen LogP contribution is 2.64. The first-order chi connectivity index (χ1) is 34.9. The third-order valence-electron chi connectivity index (χ3n) is 16.5. The first-order valence-corrected chi connectivity index (χ1v) is 25.5. The van der Waals surface area contributed by atoms with E-state index < -0.39 is 5.41 Å². The van der Waals surface area contributed by atoms with Gasteiger partial charge in [0.2, 0.25) is 0 Å². The molecule has 11 aromatic carbocycles. The molecule has 2 heterocycles. The summed E-state index contributed by atoms with van der Waals surface area (Å²) in [7, 11) is 0. The van der Waals surface area contributed by atoms with Gasteiger partial charge in [-0.2, -0.15) is 0 Å². The molecule has 16 rings (SSSR count). The van der Waals surface area contributed by atoms with Crippen LogP contribution in [0.5, 0.6) is 0 Å². The predicted octanol–water partition coefficient (Wildman–Crippen LogP) is 18.9. The summed E-state index contributed by atoms with van der Waals surface area (Å²) in [4.78, 5) is 2.57. The zero-order chi connectivity index (χ0) is 46.7. The zero-order valence-electron chi connectivity index (χ0n) is 39.1. The summed E-state index contributed by atoms with van der Waals surface area (Å²) in [5, 5.41) is 7.32. The average Bonchev–Trinajstić information content (AvgIpc) is 4.21. The van der Waals surface area contributed by atoms with Crippen LogP contribution in [0.1, 0.15) is 47.2 Å². The van der Waals surface area contributed by atoms with Crippen molar-refractivity contribution in [1.29, 1.82) is 0 Å². The maximum absolute atomic E-state index is 6.23. The highest BCUT2D eigenvalue weighted by molar-refractivity contribution is 7.26. The monoisotopic (exact) mass is 921 g/mol. The van der Waals surface area contributed by atoms with Crippen LogP contribution in [0.2, 0.25) is 0 Å². The fraction of sp³-hybridized carbons (Fsp3) is 0.0588. The van der Waals surface area contributed by atoms with E-state index in [0.29, 0.717) is 0 Å². The fourth-order valence-electron chi connectivity index (χ4n) is 13.4. The van der Waals surface area contributed by atoms with Crippen molar-refractivity contribution in [3.8, 4) is 44.5 Å². The van der Waals surface area contributed by atoms with Gasteiger partial charge in [-0.15, -0.1) is 11.3 Å². The standard InChI is InChI=1S/C68H43NOS/c1-67(2)55-20-8-3-18-48(55)52-38-43(30-33-56(52)67)69(44-29-32-49-47-17-6-11-23-59(47)68(60(49)39-44)57-21-9-4-15-45(57)46-16-5-10-22-58(46)68)61-24-13-14-40-26-31-51-54-37-42(28-35-64(54)71-66(51)65(40)61)41-27-34-63-53(36-41)50-19-7-12-25-62(50)70-63/h3-39H,1-2H3. The SMILES string of the molecule is CC1(C)c2ccccc2-c2cc(N(c3ccc4c(c3)C3(c5ccccc5-c5ccccc53)c3ccccc3-4)c3cccc4ccc5c6cc(-c7ccc8oc9ccccc9c8c7)ccc6sc5c34)ccc21. The van der Waals surface area contributed by atoms with Crippen molar-refractivity contribution in [3.05, 3.63) is 258 Å². The van der Waals surface area contributed by atoms with E-state index in [4.69, 9.17) is 4.42 Å². The van der Waals surface area contributed by atoms with Gasteiger partial charge in [-0.1, -0.05) is 178 Å². The summed E-state index contributed by atoms with van der Waals surface area (Å²) in [6, 6.07) is 84.5. The Labute approximate surface area is 415 Å². The first-order valence-electron chi connectivity index (χ1n) is 24.7. The van der Waals surface area contributed by atoms with Gasteiger partial charge in [-0.05, 0) is 144 Å². The molecule has 3 aliphatic carbocycles. The molecule has 0 bridgehead atoms. The smallest absolute Gasteiger partial charge is 0.135 e. The molecule has 0 atom stereocenters. The lowest BCUT2D eigenvalue weighted by Gasteiger charge is -2.32. The molecule has 3 heteroatoms. The largest absolute Gasteiger partial charge is 0.456 e. The van der Waals surface area contributed by atoms with Gasteiger partial charge in [0.05, 0.1) is 11.1 Å². The number of nitrogens with zero attached hydrogens (tertiary/aromatic N) is 1. The maximum Gasteiger partial charge on any atom is 0.135 e. The number of hydrogen-bond donors (Lipinski definition) is 0. The van der Waals surface area contributed by atoms with E-state index in [0.717, 1.165) is 33.3 Å². The Kier molecular flexibility index (Phi) is 7.80. The van der Waals surface area contributed by atoms with Crippen LogP contribution in [-0.2, 0) is 10.8 Å². The number of hydrogen-bond acceptors (Lipinski definition) is 3. The summed E-state index contributed by atoms with van der Waals surface area (Å²) in [5.41, 5.74) is 23.0. The lowest BCUT2D eigenvalue weighted by atomic mass is 9.70. The quantitative estimate of drug-likeness (QED) is 0.175. The number of rotatable bonds is 4. The van der Waals surface area contributed by atoms with Gasteiger partial charge in [-0.25, -0.2) is 0 Å². The molecular weight excluding hydrogens is 879 g/mol. The minimum Gasteiger partial charge on any atom is -0.456 e. The summed E-state index contributed by atoms with van der Waals surface area (Å²) in [6.07, 6.45) is 0. The summed E-state index contributed by atoms with van der Waals surface area (Å²) in [6.45, 7) is 4.74. The Hall–Kier alpha value is -8.50. The highest BCUT2D eigenvalue weighted by Gasteiger charge is 2.51. The molecular formula is C68H43NOS. The van der Waals surface area contributed by atoms with Crippen molar-refractivity contribution >= 4 is 81.3 Å². The van der Waals surface area contributed by atoms with Gasteiger partial charge in [0.1, 0.15) is 11.2 Å². The van der Waals surface area contributed by atoms with Crippen molar-refractivity contribution in [2.75, 3.05) is 4.90 Å². The molecule has 332 valence electrons. The molecule has 0 radical (unpaired) electrons. The Balaban J connectivity index is 0.947. The van der Waals surface area contributed by atoms with Crippen LogP contribution >= 0.6 is 11.3 Å². The Morgan fingerprint density at radius 3 is 1.70 bits per heavy atom. The molecule has 0 fully saturated rings. The third kappa shape index (κ3) is 5.16. The van der Waals surface area contributed by atoms with E-state index >= 15 is 0 Å². The third-order valence-corrected chi connectivity index (χ3v) is 17.7. The molecule has 2 aromatic heterocycles. The van der Waals surface area contributed by atoms with Crippen LogP contribution in [0.25, 0.3) is 97.4 Å². The predicted molar refractivity (Wildman–Crippen MR) is 298 cm³/mol. The summed E-state index contributed by atoms with van der Waals surface area (Å²) in [5.74, 6) is 0. The molecule has 2 nitrogen and oxygen atoms in total. The van der Waals surface area contributed by atoms with E-state index in [1.54, 1.807) is 0 Å². The molecule has 0 aliphatic heterocycles. The van der Waals surface area contributed by atoms with Crippen LogP contribution in [0.3, 0.4) is 0 Å². The molecule has 0 unspecified atom stereocenters. The van der Waals surface area contributed by atoms with Crippen molar-refractivity contribution in [3.63, 3.8) is 0 Å². The van der Waals surface area contributed by atoms with Crippen molar-refractivity contribution in [2.24, 2.45) is 0 Å². The second-order valence-corrected chi connectivity index (χ2v) is 21.3. The second kappa shape index (κ2) is 14.1. The minimum atomic E-state index is -0.466. The Morgan fingerprint density at radius 2 is 0.958 bits per heavy atom. The second-order valence-electron chi connectivity index (χ2n) is 20.3. The molecule has 13 aromatic rings. The topological polar surface area (TPSA) is 16.4 Å². The van der Waals surface area contributed by atoms with E-state index in [-0.39, 0.29) is 5.41 Å². The number of thiophene rings is 1. The van der Waals surface area contributed by atoms with Crippen molar-refractivity contribution < 1.29 is 4.42 Å². The van der Waals surface area contributed by atoms with Crippen LogP contribution in [0.15, 0.2) is 229 Å². The molecule has 0 N–H and O–H groups in total. The van der Waals surface area contributed by atoms with Crippen molar-refractivity contribution in [1.82, 2.24) is 0 Å². The van der Waals surface area contributed by atoms with E-state index in [1.165, 1.54) is 115 Å². The number of fused-ring (bicyclic) bond motifs is 21. The summed E-state index contributed by atoms with van der Waals surface area (Å²) < 4.78 is 8.80. The summed E-state index contributed by atoms with van der Waals surface area (Å²) >= 11 is 1.90. The van der Waals surface area contributed by atoms with Gasteiger partial charge >= 0.3 is 0 Å². The number of para-hydroxylation sites is 1. The molecule has 1 spiro atoms. The van der Waals surface area contributed by atoms with Crippen molar-refractivity contribution in [2.45, 2.75) is 24.7 Å². The van der Waals surface area contributed by atoms with Gasteiger partial charge in [0.15, 0.2) is 0 Å². The zero-order valence-corrected chi connectivity index (χ0v) is 39.9. The Morgan fingerprint density at radius 1 is 0.380 bits per heavy atom. The number of anilines is 3.